The van der Waals surface area contributed by atoms with Crippen LogP contribution in [0.2, 0.25) is 0 Å². The smallest absolute Gasteiger partial charge is 0.326 e. The number of carboxylic acid groups (broad SMARTS) is 1. The van der Waals surface area contributed by atoms with Gasteiger partial charge < -0.3 is 15.0 Å². The highest BCUT2D eigenvalue weighted by atomic mass is 16.4. The molecule has 2 rings (SSSR count). The van der Waals surface area contributed by atoms with Crippen molar-refractivity contribution in [3.8, 4) is 0 Å². The van der Waals surface area contributed by atoms with Crippen molar-refractivity contribution in [1.29, 1.82) is 0 Å². The van der Waals surface area contributed by atoms with Crippen LogP contribution in [0.1, 0.15) is 93.8 Å². The number of aromatic nitrogens is 1. The molecule has 1 aromatic rings. The average Bonchev–Trinajstić information content (AvgIpc) is 2.68. The summed E-state index contributed by atoms with van der Waals surface area (Å²) in [5.41, 5.74) is 1.92. The van der Waals surface area contributed by atoms with E-state index in [1.807, 2.05) is 0 Å². The van der Waals surface area contributed by atoms with E-state index in [-0.39, 0.29) is 17.0 Å². The van der Waals surface area contributed by atoms with Crippen LogP contribution < -0.4 is 10.9 Å². The molecular formula is C23H36N2O4. The molecule has 1 heterocycles. The molecule has 29 heavy (non-hydrogen) atoms. The number of carbonyl (C=O) groups excluding carboxylic acids is 1. The SMILES string of the molecule is CCCCn1c2c(cc(C(=O)N[C@H](C(=O)O)C(C)C)c1=O)CCCCCCCC2. The van der Waals surface area contributed by atoms with E-state index in [2.05, 4.69) is 12.2 Å². The van der Waals surface area contributed by atoms with Gasteiger partial charge in [0, 0.05) is 12.2 Å². The number of aryl methyl sites for hydroxylation is 1. The number of carboxylic acids is 1. The van der Waals surface area contributed by atoms with Crippen LogP contribution in [0.15, 0.2) is 10.9 Å². The lowest BCUT2D eigenvalue weighted by atomic mass is 9.95. The first-order chi connectivity index (χ1) is 13.9. The largest absolute Gasteiger partial charge is 0.480 e. The molecule has 0 bridgehead atoms. The zero-order valence-corrected chi connectivity index (χ0v) is 18.1. The van der Waals surface area contributed by atoms with Crippen LogP contribution in [-0.4, -0.2) is 27.6 Å². The van der Waals surface area contributed by atoms with E-state index < -0.39 is 17.9 Å². The van der Waals surface area contributed by atoms with Crippen LogP contribution >= 0.6 is 0 Å². The van der Waals surface area contributed by atoms with Crippen molar-refractivity contribution in [3.05, 3.63) is 33.2 Å². The summed E-state index contributed by atoms with van der Waals surface area (Å²) in [6.07, 6.45) is 10.4. The number of nitrogens with zero attached hydrogens (tertiary/aromatic N) is 1. The molecule has 162 valence electrons. The third-order valence-corrected chi connectivity index (χ3v) is 5.80. The standard InChI is InChI=1S/C23H36N2O4/c1-4-5-14-25-19-13-11-9-7-6-8-10-12-17(19)15-18(22(25)27)21(26)24-20(16(2)3)23(28)29/h15-16,20H,4-14H2,1-3H3,(H,24,26)(H,28,29)/t20-/m0/s1. The van der Waals surface area contributed by atoms with Crippen molar-refractivity contribution in [2.24, 2.45) is 5.92 Å². The van der Waals surface area contributed by atoms with Gasteiger partial charge in [0.1, 0.15) is 11.6 Å². The van der Waals surface area contributed by atoms with Gasteiger partial charge in [-0.3, -0.25) is 9.59 Å². The fourth-order valence-electron chi connectivity index (χ4n) is 4.04. The Morgan fingerprint density at radius 1 is 1.10 bits per heavy atom. The van der Waals surface area contributed by atoms with Crippen LogP contribution in [-0.2, 0) is 24.2 Å². The number of unbranched alkanes of at least 4 members (excludes halogenated alkanes) is 1. The minimum absolute atomic E-state index is 0.0730. The van der Waals surface area contributed by atoms with Crippen molar-refractivity contribution >= 4 is 11.9 Å². The first-order valence-electron chi connectivity index (χ1n) is 11.2. The van der Waals surface area contributed by atoms with Gasteiger partial charge in [0.05, 0.1) is 0 Å². The Morgan fingerprint density at radius 2 is 1.72 bits per heavy atom. The molecular weight excluding hydrogens is 368 g/mol. The molecule has 0 fully saturated rings. The van der Waals surface area contributed by atoms with Crippen molar-refractivity contribution in [3.63, 3.8) is 0 Å². The van der Waals surface area contributed by atoms with Gasteiger partial charge in [-0.15, -0.1) is 0 Å². The quantitative estimate of drug-likeness (QED) is 0.721. The van der Waals surface area contributed by atoms with Gasteiger partial charge in [0.25, 0.3) is 11.5 Å². The zero-order valence-electron chi connectivity index (χ0n) is 18.1. The number of carbonyl (C=O) groups is 2. The molecule has 6 nitrogen and oxygen atoms in total. The maximum atomic E-state index is 13.2. The predicted molar refractivity (Wildman–Crippen MR) is 114 cm³/mol. The van der Waals surface area contributed by atoms with Crippen molar-refractivity contribution in [2.75, 3.05) is 0 Å². The molecule has 0 radical (unpaired) electrons. The van der Waals surface area contributed by atoms with E-state index >= 15 is 0 Å². The fourth-order valence-corrected chi connectivity index (χ4v) is 4.04. The van der Waals surface area contributed by atoms with Crippen molar-refractivity contribution in [1.82, 2.24) is 9.88 Å². The van der Waals surface area contributed by atoms with E-state index in [0.717, 1.165) is 56.2 Å². The molecule has 0 saturated heterocycles. The number of hydrogen-bond donors (Lipinski definition) is 2. The summed E-state index contributed by atoms with van der Waals surface area (Å²) in [6.45, 7) is 6.17. The number of pyridine rings is 1. The van der Waals surface area contributed by atoms with E-state index in [9.17, 15) is 19.5 Å². The van der Waals surface area contributed by atoms with Gasteiger partial charge in [-0.25, -0.2) is 4.79 Å². The summed E-state index contributed by atoms with van der Waals surface area (Å²) in [5, 5.41) is 12.0. The van der Waals surface area contributed by atoms with Gasteiger partial charge in [-0.2, -0.15) is 0 Å². The van der Waals surface area contributed by atoms with Gasteiger partial charge >= 0.3 is 5.97 Å². The molecule has 1 amide bonds. The Labute approximate surface area is 173 Å². The highest BCUT2D eigenvalue weighted by Crippen LogP contribution is 2.20. The molecule has 1 aliphatic rings. The maximum absolute atomic E-state index is 13.2. The molecule has 0 spiro atoms. The molecule has 6 heteroatoms. The molecule has 1 atom stereocenters. The first kappa shape index (κ1) is 23.2. The van der Waals surface area contributed by atoms with E-state index in [1.165, 1.54) is 19.3 Å². The lowest BCUT2D eigenvalue weighted by Gasteiger charge is -2.22. The van der Waals surface area contributed by atoms with Crippen LogP contribution in [0.4, 0.5) is 0 Å². The summed E-state index contributed by atoms with van der Waals surface area (Å²) < 4.78 is 1.79. The third kappa shape index (κ3) is 6.18. The summed E-state index contributed by atoms with van der Waals surface area (Å²) >= 11 is 0. The van der Waals surface area contributed by atoms with Gasteiger partial charge in [0.2, 0.25) is 0 Å². The van der Waals surface area contributed by atoms with Gasteiger partial charge in [-0.1, -0.05) is 52.9 Å². The maximum Gasteiger partial charge on any atom is 0.326 e. The highest BCUT2D eigenvalue weighted by molar-refractivity contribution is 5.96. The lowest BCUT2D eigenvalue weighted by Crippen LogP contribution is -2.46. The topological polar surface area (TPSA) is 88.4 Å². The van der Waals surface area contributed by atoms with Crippen LogP contribution in [0.3, 0.4) is 0 Å². The molecule has 0 unspecified atom stereocenters. The second kappa shape index (κ2) is 11.2. The summed E-state index contributed by atoms with van der Waals surface area (Å²) in [7, 11) is 0. The second-order valence-corrected chi connectivity index (χ2v) is 8.49. The second-order valence-electron chi connectivity index (χ2n) is 8.49. The van der Waals surface area contributed by atoms with Crippen molar-refractivity contribution in [2.45, 2.75) is 97.6 Å². The zero-order chi connectivity index (χ0) is 21.4. The minimum Gasteiger partial charge on any atom is -0.480 e. The summed E-state index contributed by atoms with van der Waals surface area (Å²) in [4.78, 5) is 37.6. The van der Waals surface area contributed by atoms with Crippen LogP contribution in [0, 0.1) is 5.92 Å². The lowest BCUT2D eigenvalue weighted by molar-refractivity contribution is -0.140. The number of nitrogens with one attached hydrogen (secondary N) is 1. The Bertz CT molecular complexity index is 767. The number of amides is 1. The number of aliphatic carboxylic acids is 1. The van der Waals surface area contributed by atoms with Gasteiger partial charge in [0.15, 0.2) is 0 Å². The summed E-state index contributed by atoms with van der Waals surface area (Å²) in [5.74, 6) is -1.93. The molecule has 2 N–H and O–H groups in total. The first-order valence-corrected chi connectivity index (χ1v) is 11.2. The molecule has 0 aliphatic heterocycles. The summed E-state index contributed by atoms with van der Waals surface area (Å²) in [6, 6.07) is 0.718. The van der Waals surface area contributed by atoms with E-state index in [0.29, 0.717) is 6.54 Å². The Balaban J connectivity index is 2.47. The van der Waals surface area contributed by atoms with Crippen LogP contribution in [0.5, 0.6) is 0 Å². The van der Waals surface area contributed by atoms with Crippen LogP contribution in [0.25, 0.3) is 0 Å². The van der Waals surface area contributed by atoms with E-state index in [4.69, 9.17) is 0 Å². The minimum atomic E-state index is -1.08. The highest BCUT2D eigenvalue weighted by Gasteiger charge is 2.26. The monoisotopic (exact) mass is 404 g/mol. The van der Waals surface area contributed by atoms with Gasteiger partial charge in [-0.05, 0) is 49.7 Å². The Hall–Kier alpha value is -2.11. The Kier molecular flexibility index (Phi) is 8.93. The Morgan fingerprint density at radius 3 is 2.31 bits per heavy atom. The average molecular weight is 405 g/mol. The third-order valence-electron chi connectivity index (χ3n) is 5.80. The molecule has 0 aromatic carbocycles. The molecule has 1 aliphatic carbocycles. The number of hydrogen-bond acceptors (Lipinski definition) is 3. The normalized spacial score (nSPS) is 16.1. The number of rotatable bonds is 7. The number of fused-ring (bicyclic) bond motifs is 1. The fraction of sp³-hybridized carbons (Fsp3) is 0.696. The molecule has 1 aromatic heterocycles. The molecule has 0 saturated carbocycles. The van der Waals surface area contributed by atoms with E-state index in [1.54, 1.807) is 24.5 Å². The van der Waals surface area contributed by atoms with Crippen molar-refractivity contribution < 1.29 is 14.7 Å². The predicted octanol–water partition coefficient (Wildman–Crippen LogP) is 3.93.